The summed E-state index contributed by atoms with van der Waals surface area (Å²) < 4.78 is 0. The Morgan fingerprint density at radius 3 is 1.93 bits per heavy atom. The van der Waals surface area contributed by atoms with E-state index in [1.165, 1.54) is 19.3 Å². The average molecular weight is 639 g/mol. The topological polar surface area (TPSA) is 175 Å². The Bertz CT molecular complexity index is 923. The van der Waals surface area contributed by atoms with Crippen molar-refractivity contribution in [1.29, 1.82) is 0 Å². The van der Waals surface area contributed by atoms with Crippen molar-refractivity contribution in [2.24, 2.45) is 17.1 Å². The summed E-state index contributed by atoms with van der Waals surface area (Å²) >= 11 is 0. The number of hydrogen-bond donors (Lipinski definition) is 7. The molecule has 0 saturated heterocycles. The van der Waals surface area contributed by atoms with E-state index in [4.69, 9.17) is 5.73 Å². The van der Waals surface area contributed by atoms with Crippen LogP contribution in [0.4, 0.5) is 4.79 Å². The molecule has 0 bridgehead atoms. The first-order valence-corrected chi connectivity index (χ1v) is 17.2. The first-order chi connectivity index (χ1) is 20.8. The Hall–Kier alpha value is -2.40. The molecule has 1 aliphatic carbocycles. The molecule has 8 N–H and O–H groups in total. The van der Waals surface area contributed by atoms with Crippen LogP contribution in [0.25, 0.3) is 0 Å². The number of aliphatic carboxylic acids is 1. The normalized spacial score (nSPS) is 16.7. The molecule has 45 heavy (non-hydrogen) atoms. The fraction of sp³-hybridized carbons (Fsp3) is 0.882. The lowest BCUT2D eigenvalue weighted by molar-refractivity contribution is -0.142. The average Bonchev–Trinajstić information content (AvgIpc) is 2.88. The van der Waals surface area contributed by atoms with Crippen LogP contribution in [0, 0.1) is 11.3 Å². The lowest BCUT2D eigenvalue weighted by Gasteiger charge is -2.46. The number of carbonyl (C=O) groups is 4. The fourth-order valence-electron chi connectivity index (χ4n) is 5.75. The zero-order valence-electron chi connectivity index (χ0n) is 29.6. The van der Waals surface area contributed by atoms with Crippen LogP contribution in [-0.2, 0) is 14.4 Å². The van der Waals surface area contributed by atoms with Crippen molar-refractivity contribution in [1.82, 2.24) is 26.6 Å². The van der Waals surface area contributed by atoms with Crippen LogP contribution in [0.3, 0.4) is 0 Å². The lowest BCUT2D eigenvalue weighted by atomic mass is 9.72. The highest BCUT2D eigenvalue weighted by Crippen LogP contribution is 2.38. The van der Waals surface area contributed by atoms with Crippen LogP contribution in [0.2, 0.25) is 0 Å². The third-order valence-electron chi connectivity index (χ3n) is 8.59. The van der Waals surface area contributed by atoms with E-state index in [-0.39, 0.29) is 42.3 Å². The minimum atomic E-state index is -1.11. The predicted molar refractivity (Wildman–Crippen MR) is 181 cm³/mol. The maximum absolute atomic E-state index is 13.7. The largest absolute Gasteiger partial charge is 0.480 e. The van der Waals surface area contributed by atoms with E-state index in [0.29, 0.717) is 18.3 Å². The predicted octanol–water partition coefficient (Wildman–Crippen LogP) is 4.58. The van der Waals surface area contributed by atoms with E-state index >= 15 is 0 Å². The minimum Gasteiger partial charge on any atom is -0.480 e. The van der Waals surface area contributed by atoms with E-state index in [9.17, 15) is 24.3 Å². The minimum absolute atomic E-state index is 0.0166. The Labute approximate surface area is 272 Å². The Kier molecular flexibility index (Phi) is 17.4. The molecule has 1 saturated carbocycles. The fourth-order valence-corrected chi connectivity index (χ4v) is 5.75. The molecule has 0 heterocycles. The van der Waals surface area contributed by atoms with Crippen LogP contribution in [0.1, 0.15) is 139 Å². The Balaban J connectivity index is 2.89. The molecule has 0 aliphatic heterocycles. The molecule has 0 aromatic heterocycles. The molecular formula is C34H66N6O5. The molecule has 1 rings (SSSR count). The SMILES string of the molecule is CC(C)C(NC1(CCCCCC(C)(C)C)CCC1)C(=O)N[C@@H](CCCNC(N)=O)C(=O)N[C@@H](CCCCNC(C)(C)C)C(=O)O. The number of urea groups is 1. The molecule has 0 aromatic carbocycles. The van der Waals surface area contributed by atoms with Gasteiger partial charge in [0.15, 0.2) is 0 Å². The van der Waals surface area contributed by atoms with Crippen molar-refractivity contribution in [2.75, 3.05) is 13.1 Å². The van der Waals surface area contributed by atoms with Crippen molar-refractivity contribution in [3.63, 3.8) is 0 Å². The number of carbonyl (C=O) groups excluding carboxylic acids is 3. The number of nitrogens with one attached hydrogen (secondary N) is 5. The summed E-state index contributed by atoms with van der Waals surface area (Å²) in [6.07, 6.45) is 11.1. The van der Waals surface area contributed by atoms with Crippen LogP contribution < -0.4 is 32.3 Å². The summed E-state index contributed by atoms with van der Waals surface area (Å²) in [6, 6.07) is -3.18. The summed E-state index contributed by atoms with van der Waals surface area (Å²) in [4.78, 5) is 50.3. The molecule has 0 radical (unpaired) electrons. The van der Waals surface area contributed by atoms with Gasteiger partial charge in [0, 0.05) is 17.6 Å². The van der Waals surface area contributed by atoms with E-state index in [2.05, 4.69) is 68.1 Å². The highest BCUT2D eigenvalue weighted by molar-refractivity contribution is 5.92. The monoisotopic (exact) mass is 639 g/mol. The highest BCUT2D eigenvalue weighted by Gasteiger charge is 2.41. The number of rotatable bonds is 22. The second-order valence-electron chi connectivity index (χ2n) is 15.7. The first kappa shape index (κ1) is 40.6. The third-order valence-corrected chi connectivity index (χ3v) is 8.59. The molecule has 0 spiro atoms. The second kappa shape index (κ2) is 19.3. The van der Waals surface area contributed by atoms with Gasteiger partial charge in [0.2, 0.25) is 11.8 Å². The molecule has 11 heteroatoms. The standard InChI is InChI=1S/C34H66N6O5/c1-24(2)27(40-34(20-15-21-34)19-12-9-11-18-32(3,4)5)29(42)38-25(17-14-22-36-31(35)45)28(41)39-26(30(43)44)16-10-13-23-37-33(6,7)8/h24-27,37,40H,9-23H2,1-8H3,(H,38,42)(H,39,41)(H,43,44)(H3,35,36,45)/t25-,26-,27?/m0/s1. The molecular weight excluding hydrogens is 572 g/mol. The van der Waals surface area contributed by atoms with Crippen molar-refractivity contribution < 1.29 is 24.3 Å². The molecule has 11 nitrogen and oxygen atoms in total. The number of primary amides is 1. The molecule has 1 unspecified atom stereocenters. The third kappa shape index (κ3) is 17.8. The highest BCUT2D eigenvalue weighted by atomic mass is 16.4. The maximum atomic E-state index is 13.7. The van der Waals surface area contributed by atoms with Crippen LogP contribution in [0.5, 0.6) is 0 Å². The maximum Gasteiger partial charge on any atom is 0.326 e. The van der Waals surface area contributed by atoms with Crippen molar-refractivity contribution in [2.45, 2.75) is 168 Å². The Morgan fingerprint density at radius 1 is 0.800 bits per heavy atom. The number of carboxylic acid groups (broad SMARTS) is 1. The van der Waals surface area contributed by atoms with Gasteiger partial charge < -0.3 is 37.4 Å². The lowest BCUT2D eigenvalue weighted by Crippen LogP contribution is -2.62. The zero-order chi connectivity index (χ0) is 34.3. The molecule has 1 fully saturated rings. The molecule has 0 aromatic rings. The van der Waals surface area contributed by atoms with Gasteiger partial charge in [-0.3, -0.25) is 9.59 Å². The van der Waals surface area contributed by atoms with Crippen LogP contribution >= 0.6 is 0 Å². The molecule has 3 atom stereocenters. The first-order valence-electron chi connectivity index (χ1n) is 17.2. The summed E-state index contributed by atoms with van der Waals surface area (Å²) in [7, 11) is 0. The van der Waals surface area contributed by atoms with Gasteiger partial charge in [0.05, 0.1) is 6.04 Å². The van der Waals surface area contributed by atoms with Crippen LogP contribution in [-0.4, -0.2) is 71.2 Å². The number of amides is 4. The zero-order valence-corrected chi connectivity index (χ0v) is 29.6. The summed E-state index contributed by atoms with van der Waals surface area (Å²) in [5.41, 5.74) is 5.42. The van der Waals surface area contributed by atoms with Gasteiger partial charge in [-0.15, -0.1) is 0 Å². The van der Waals surface area contributed by atoms with Crippen molar-refractivity contribution >= 4 is 23.8 Å². The van der Waals surface area contributed by atoms with Gasteiger partial charge in [-0.2, -0.15) is 0 Å². The molecule has 4 amide bonds. The second-order valence-corrected chi connectivity index (χ2v) is 15.7. The number of carboxylic acids is 1. The van der Waals surface area contributed by atoms with Gasteiger partial charge in [-0.05, 0) is 103 Å². The van der Waals surface area contributed by atoms with Gasteiger partial charge in [0.1, 0.15) is 12.1 Å². The van der Waals surface area contributed by atoms with E-state index in [1.807, 2.05) is 13.8 Å². The quantitative estimate of drug-likeness (QED) is 0.0850. The van der Waals surface area contributed by atoms with Gasteiger partial charge >= 0.3 is 12.0 Å². The van der Waals surface area contributed by atoms with Crippen LogP contribution in [0.15, 0.2) is 0 Å². The van der Waals surface area contributed by atoms with E-state index < -0.39 is 36.0 Å². The summed E-state index contributed by atoms with van der Waals surface area (Å²) in [5, 5.41) is 25.0. The van der Waals surface area contributed by atoms with E-state index in [0.717, 1.165) is 45.1 Å². The van der Waals surface area contributed by atoms with E-state index in [1.54, 1.807) is 0 Å². The molecule has 262 valence electrons. The summed E-state index contributed by atoms with van der Waals surface area (Å²) in [6.45, 7) is 18.0. The molecule has 1 aliphatic rings. The van der Waals surface area contributed by atoms with Crippen molar-refractivity contribution in [3.05, 3.63) is 0 Å². The van der Waals surface area contributed by atoms with Gasteiger partial charge in [0.25, 0.3) is 0 Å². The number of unbranched alkanes of at least 4 members (excludes halogenated alkanes) is 3. The number of hydrogen-bond acceptors (Lipinski definition) is 6. The Morgan fingerprint density at radius 2 is 1.42 bits per heavy atom. The summed E-state index contributed by atoms with van der Waals surface area (Å²) in [5.74, 6) is -1.93. The van der Waals surface area contributed by atoms with Crippen molar-refractivity contribution in [3.8, 4) is 0 Å². The van der Waals surface area contributed by atoms with Gasteiger partial charge in [-0.1, -0.05) is 53.9 Å². The smallest absolute Gasteiger partial charge is 0.326 e. The number of nitrogens with two attached hydrogens (primary N) is 1. The van der Waals surface area contributed by atoms with Gasteiger partial charge in [-0.25, -0.2) is 9.59 Å².